The third-order valence-corrected chi connectivity index (χ3v) is 3.33. The third-order valence-electron chi connectivity index (χ3n) is 3.33. The monoisotopic (exact) mass is 238 g/mol. The molecule has 0 spiro atoms. The molecule has 0 radical (unpaired) electrons. The number of ether oxygens (including phenoxy) is 1. The standard InChI is InChI=1S/C13H22N2O2/c1-2-15(9-12-4-3-7-16-12)10-13-6-5-11(8-14)17-13/h3-4,7,11,13H,2,5-6,8-10,14H2,1H3. The van der Waals surface area contributed by atoms with Crippen LogP contribution in [0.15, 0.2) is 22.8 Å². The second-order valence-electron chi connectivity index (χ2n) is 4.60. The van der Waals surface area contributed by atoms with Crippen molar-refractivity contribution in [2.75, 3.05) is 19.6 Å². The van der Waals surface area contributed by atoms with E-state index in [0.717, 1.165) is 38.2 Å². The lowest BCUT2D eigenvalue weighted by molar-refractivity contribution is 0.0253. The van der Waals surface area contributed by atoms with Crippen molar-refractivity contribution in [3.05, 3.63) is 24.2 Å². The molecule has 1 saturated heterocycles. The van der Waals surface area contributed by atoms with Gasteiger partial charge in [0.15, 0.2) is 0 Å². The highest BCUT2D eigenvalue weighted by Gasteiger charge is 2.25. The van der Waals surface area contributed by atoms with Crippen molar-refractivity contribution in [2.45, 2.75) is 38.5 Å². The molecule has 1 aromatic heterocycles. The lowest BCUT2D eigenvalue weighted by Crippen LogP contribution is -2.32. The number of nitrogens with zero attached hydrogens (tertiary/aromatic N) is 1. The molecule has 0 saturated carbocycles. The maximum Gasteiger partial charge on any atom is 0.117 e. The normalized spacial score (nSPS) is 24.6. The van der Waals surface area contributed by atoms with Gasteiger partial charge in [-0.1, -0.05) is 6.92 Å². The SMILES string of the molecule is CCN(Cc1ccco1)CC1CCC(CN)O1. The lowest BCUT2D eigenvalue weighted by atomic mass is 10.2. The Bertz CT molecular complexity index is 313. The maximum atomic E-state index is 5.86. The van der Waals surface area contributed by atoms with Gasteiger partial charge in [0, 0.05) is 13.1 Å². The van der Waals surface area contributed by atoms with Crippen LogP contribution in [0.4, 0.5) is 0 Å². The molecule has 0 bridgehead atoms. The molecule has 1 aliphatic rings. The van der Waals surface area contributed by atoms with Crippen LogP contribution in [0, 0.1) is 0 Å². The summed E-state index contributed by atoms with van der Waals surface area (Å²) in [6.07, 6.45) is 4.54. The quantitative estimate of drug-likeness (QED) is 0.818. The van der Waals surface area contributed by atoms with Gasteiger partial charge in [-0.3, -0.25) is 4.90 Å². The molecular formula is C13H22N2O2. The number of furan rings is 1. The molecule has 0 aliphatic carbocycles. The predicted octanol–water partition coefficient (Wildman–Crippen LogP) is 1.61. The summed E-state index contributed by atoms with van der Waals surface area (Å²) in [5, 5.41) is 0. The number of nitrogens with two attached hydrogens (primary N) is 1. The number of likely N-dealkylation sites (N-methyl/N-ethyl adjacent to an activating group) is 1. The number of rotatable bonds is 6. The molecule has 4 nitrogen and oxygen atoms in total. The van der Waals surface area contributed by atoms with E-state index in [1.807, 2.05) is 12.1 Å². The van der Waals surface area contributed by atoms with Crippen LogP contribution in [0.25, 0.3) is 0 Å². The minimum Gasteiger partial charge on any atom is -0.468 e. The van der Waals surface area contributed by atoms with Gasteiger partial charge in [-0.15, -0.1) is 0 Å². The molecule has 1 aromatic rings. The Labute approximate surface area is 103 Å². The Morgan fingerprint density at radius 1 is 1.41 bits per heavy atom. The van der Waals surface area contributed by atoms with E-state index in [-0.39, 0.29) is 6.10 Å². The van der Waals surface area contributed by atoms with E-state index in [1.54, 1.807) is 6.26 Å². The highest BCUT2D eigenvalue weighted by atomic mass is 16.5. The Morgan fingerprint density at radius 3 is 2.82 bits per heavy atom. The fraction of sp³-hybridized carbons (Fsp3) is 0.692. The van der Waals surface area contributed by atoms with Gasteiger partial charge >= 0.3 is 0 Å². The molecule has 4 heteroatoms. The first-order valence-electron chi connectivity index (χ1n) is 6.42. The summed E-state index contributed by atoms with van der Waals surface area (Å²) in [5.74, 6) is 1.01. The molecular weight excluding hydrogens is 216 g/mol. The van der Waals surface area contributed by atoms with Gasteiger partial charge in [0.25, 0.3) is 0 Å². The van der Waals surface area contributed by atoms with Crippen molar-refractivity contribution in [1.82, 2.24) is 4.90 Å². The van der Waals surface area contributed by atoms with E-state index in [0.29, 0.717) is 12.6 Å². The minimum absolute atomic E-state index is 0.266. The summed E-state index contributed by atoms with van der Waals surface area (Å²) in [4.78, 5) is 2.35. The van der Waals surface area contributed by atoms with Crippen molar-refractivity contribution >= 4 is 0 Å². The van der Waals surface area contributed by atoms with Gasteiger partial charge < -0.3 is 14.9 Å². The van der Waals surface area contributed by atoms with Gasteiger partial charge in [-0.05, 0) is 31.5 Å². The van der Waals surface area contributed by atoms with E-state index in [9.17, 15) is 0 Å². The summed E-state index contributed by atoms with van der Waals surface area (Å²) in [5.41, 5.74) is 5.62. The van der Waals surface area contributed by atoms with Gasteiger partial charge in [0.1, 0.15) is 5.76 Å². The van der Waals surface area contributed by atoms with E-state index in [4.69, 9.17) is 14.9 Å². The van der Waals surface area contributed by atoms with Crippen LogP contribution in [-0.4, -0.2) is 36.7 Å². The van der Waals surface area contributed by atoms with E-state index < -0.39 is 0 Å². The molecule has 0 amide bonds. The van der Waals surface area contributed by atoms with Gasteiger partial charge in [0.2, 0.25) is 0 Å². The molecule has 96 valence electrons. The summed E-state index contributed by atoms with van der Waals surface area (Å²) in [7, 11) is 0. The molecule has 1 fully saturated rings. The highest BCUT2D eigenvalue weighted by Crippen LogP contribution is 2.20. The van der Waals surface area contributed by atoms with Crippen molar-refractivity contribution < 1.29 is 9.15 Å². The van der Waals surface area contributed by atoms with E-state index >= 15 is 0 Å². The molecule has 2 atom stereocenters. The zero-order valence-corrected chi connectivity index (χ0v) is 10.5. The van der Waals surface area contributed by atoms with E-state index in [2.05, 4.69) is 11.8 Å². The largest absolute Gasteiger partial charge is 0.468 e. The van der Waals surface area contributed by atoms with Crippen LogP contribution in [0.1, 0.15) is 25.5 Å². The fourth-order valence-corrected chi connectivity index (χ4v) is 2.30. The summed E-state index contributed by atoms with van der Waals surface area (Å²) in [6.45, 7) is 5.64. The molecule has 2 unspecified atom stereocenters. The topological polar surface area (TPSA) is 51.6 Å². The zero-order valence-electron chi connectivity index (χ0n) is 10.5. The molecule has 17 heavy (non-hydrogen) atoms. The summed E-state index contributed by atoms with van der Waals surface area (Å²) < 4.78 is 11.2. The zero-order chi connectivity index (χ0) is 12.1. The average Bonchev–Trinajstić information content (AvgIpc) is 2.99. The second-order valence-corrected chi connectivity index (χ2v) is 4.60. The smallest absolute Gasteiger partial charge is 0.117 e. The first kappa shape index (κ1) is 12.6. The van der Waals surface area contributed by atoms with Crippen molar-refractivity contribution in [1.29, 1.82) is 0 Å². The molecule has 1 aliphatic heterocycles. The Kier molecular flexibility index (Phi) is 4.59. The van der Waals surface area contributed by atoms with Crippen LogP contribution in [0.2, 0.25) is 0 Å². The van der Waals surface area contributed by atoms with Crippen LogP contribution in [0.5, 0.6) is 0 Å². The van der Waals surface area contributed by atoms with Crippen molar-refractivity contribution in [3.8, 4) is 0 Å². The van der Waals surface area contributed by atoms with Crippen molar-refractivity contribution in [3.63, 3.8) is 0 Å². The van der Waals surface area contributed by atoms with Crippen LogP contribution >= 0.6 is 0 Å². The molecule has 0 aromatic carbocycles. The Morgan fingerprint density at radius 2 is 2.24 bits per heavy atom. The lowest BCUT2D eigenvalue weighted by Gasteiger charge is -2.23. The highest BCUT2D eigenvalue weighted by molar-refractivity contribution is 4.98. The fourth-order valence-electron chi connectivity index (χ4n) is 2.30. The van der Waals surface area contributed by atoms with Crippen LogP contribution < -0.4 is 5.73 Å². The number of hydrogen-bond donors (Lipinski definition) is 1. The molecule has 2 rings (SSSR count). The second kappa shape index (κ2) is 6.19. The van der Waals surface area contributed by atoms with Crippen LogP contribution in [0.3, 0.4) is 0 Å². The van der Waals surface area contributed by atoms with Crippen LogP contribution in [-0.2, 0) is 11.3 Å². The minimum atomic E-state index is 0.266. The Hall–Kier alpha value is -0.840. The van der Waals surface area contributed by atoms with E-state index in [1.165, 1.54) is 0 Å². The third kappa shape index (κ3) is 3.56. The van der Waals surface area contributed by atoms with Gasteiger partial charge in [-0.25, -0.2) is 0 Å². The Balaban J connectivity index is 1.79. The first-order valence-corrected chi connectivity index (χ1v) is 6.42. The summed E-state index contributed by atoms with van der Waals surface area (Å²) in [6, 6.07) is 3.94. The molecule has 2 N–H and O–H groups in total. The average molecular weight is 238 g/mol. The van der Waals surface area contributed by atoms with Gasteiger partial charge in [0.05, 0.1) is 25.0 Å². The van der Waals surface area contributed by atoms with Gasteiger partial charge in [-0.2, -0.15) is 0 Å². The number of hydrogen-bond acceptors (Lipinski definition) is 4. The molecule has 2 heterocycles. The van der Waals surface area contributed by atoms with Crippen molar-refractivity contribution in [2.24, 2.45) is 5.73 Å². The summed E-state index contributed by atoms with van der Waals surface area (Å²) >= 11 is 0. The first-order chi connectivity index (χ1) is 8.31. The maximum absolute atomic E-state index is 5.86. The predicted molar refractivity (Wildman–Crippen MR) is 66.6 cm³/mol.